The Balaban J connectivity index is 1.12. The molecule has 0 amide bonds. The zero-order valence-electron chi connectivity index (χ0n) is 35.2. The number of furan rings is 2. The van der Waals surface area contributed by atoms with Crippen LogP contribution in [-0.4, -0.2) is 14.2 Å². The minimum Gasteiger partial charge on any atom is -0.497 e. The zero-order valence-corrected chi connectivity index (χ0v) is 35.2. The number of benzene rings is 10. The molecule has 6 heteroatoms. The Morgan fingerprint density at radius 3 is 1.72 bits per heavy atom. The van der Waals surface area contributed by atoms with Crippen LogP contribution < -0.4 is 19.3 Å². The molecule has 10 aromatic carbocycles. The standard InChI is InChI=1S/C58H40N2O4/c1-61-45-17-10-15-42(34-45)60(43-16-11-18-46(35-43)62-2)53-33-40(39-26-30-56-50(32-39)49-28-24-38-23-22-37-12-6-7-19-47(37)57(38)58(49)64-56)25-29-52(53)59(41-13-4-3-5-14-41)44-27-31-55-51(36-44)48-20-8-9-21-54(48)63-55/h3-36H,1-2H3. The van der Waals surface area contributed by atoms with Crippen molar-refractivity contribution in [3.05, 3.63) is 206 Å². The Bertz CT molecular complexity index is 3690. The first-order valence-electron chi connectivity index (χ1n) is 21.4. The van der Waals surface area contributed by atoms with Gasteiger partial charge in [-0.3, -0.25) is 0 Å². The van der Waals surface area contributed by atoms with Crippen molar-refractivity contribution in [1.82, 2.24) is 0 Å². The quantitative estimate of drug-likeness (QED) is 0.135. The van der Waals surface area contributed by atoms with Gasteiger partial charge in [0.15, 0.2) is 0 Å². The first-order valence-corrected chi connectivity index (χ1v) is 21.4. The lowest BCUT2D eigenvalue weighted by Crippen LogP contribution is -2.17. The average molecular weight is 829 g/mol. The minimum absolute atomic E-state index is 0.748. The predicted octanol–water partition coefficient (Wildman–Crippen LogP) is 16.4. The number of hydrogen-bond donors (Lipinski definition) is 0. The molecule has 0 radical (unpaired) electrons. The van der Waals surface area contributed by atoms with Crippen LogP contribution in [0.15, 0.2) is 215 Å². The molecule has 0 unspecified atom stereocenters. The Morgan fingerprint density at radius 1 is 0.344 bits per heavy atom. The van der Waals surface area contributed by atoms with E-state index in [1.165, 1.54) is 10.8 Å². The van der Waals surface area contributed by atoms with E-state index < -0.39 is 0 Å². The van der Waals surface area contributed by atoms with E-state index in [1.54, 1.807) is 14.2 Å². The largest absolute Gasteiger partial charge is 0.497 e. The van der Waals surface area contributed by atoms with Crippen molar-refractivity contribution < 1.29 is 18.3 Å². The normalized spacial score (nSPS) is 11.6. The minimum atomic E-state index is 0.748. The van der Waals surface area contributed by atoms with Gasteiger partial charge in [-0.2, -0.15) is 0 Å². The molecule has 0 fully saturated rings. The number of nitrogens with zero attached hydrogens (tertiary/aromatic N) is 2. The fourth-order valence-electron chi connectivity index (χ4n) is 9.36. The lowest BCUT2D eigenvalue weighted by atomic mass is 9.98. The highest BCUT2D eigenvalue weighted by Crippen LogP contribution is 2.49. The fourth-order valence-corrected chi connectivity index (χ4v) is 9.36. The summed E-state index contributed by atoms with van der Waals surface area (Å²) in [7, 11) is 3.41. The summed E-state index contributed by atoms with van der Waals surface area (Å²) in [4.78, 5) is 4.62. The number of hydrogen-bond acceptors (Lipinski definition) is 6. The summed E-state index contributed by atoms with van der Waals surface area (Å²) in [6.07, 6.45) is 0. The van der Waals surface area contributed by atoms with Gasteiger partial charge in [-0.25, -0.2) is 0 Å². The van der Waals surface area contributed by atoms with Gasteiger partial charge in [0.05, 0.1) is 25.6 Å². The number of para-hydroxylation sites is 2. The summed E-state index contributed by atoms with van der Waals surface area (Å²) in [5, 5.41) is 8.94. The molecule has 2 heterocycles. The first kappa shape index (κ1) is 37.3. The summed E-state index contributed by atoms with van der Waals surface area (Å²) in [6.45, 7) is 0. The Labute approximate surface area is 369 Å². The third-order valence-electron chi connectivity index (χ3n) is 12.4. The fraction of sp³-hybridized carbons (Fsp3) is 0.0345. The molecule has 0 atom stereocenters. The molecule has 6 nitrogen and oxygen atoms in total. The second kappa shape index (κ2) is 15.2. The summed E-state index contributed by atoms with van der Waals surface area (Å²) >= 11 is 0. The van der Waals surface area contributed by atoms with Gasteiger partial charge in [-0.05, 0) is 118 Å². The highest BCUT2D eigenvalue weighted by atomic mass is 16.5. The molecule has 0 bridgehead atoms. The molecule has 0 aliphatic rings. The first-order chi connectivity index (χ1) is 31.6. The van der Waals surface area contributed by atoms with Gasteiger partial charge in [0.2, 0.25) is 0 Å². The summed E-state index contributed by atoms with van der Waals surface area (Å²) in [6, 6.07) is 72.2. The Morgan fingerprint density at radius 2 is 0.922 bits per heavy atom. The summed E-state index contributed by atoms with van der Waals surface area (Å²) < 4.78 is 24.7. The maximum absolute atomic E-state index is 6.74. The maximum Gasteiger partial charge on any atom is 0.143 e. The molecule has 0 aliphatic heterocycles. The van der Waals surface area contributed by atoms with Crippen molar-refractivity contribution in [2.75, 3.05) is 24.0 Å². The smallest absolute Gasteiger partial charge is 0.143 e. The van der Waals surface area contributed by atoms with Crippen LogP contribution in [0.25, 0.3) is 76.5 Å². The molecule has 0 N–H and O–H groups in total. The van der Waals surface area contributed by atoms with Gasteiger partial charge in [0.25, 0.3) is 0 Å². The van der Waals surface area contributed by atoms with Crippen molar-refractivity contribution in [2.45, 2.75) is 0 Å². The van der Waals surface area contributed by atoms with Crippen LogP contribution in [0.5, 0.6) is 11.5 Å². The van der Waals surface area contributed by atoms with Crippen molar-refractivity contribution in [3.8, 4) is 22.6 Å². The molecule has 12 rings (SSSR count). The van der Waals surface area contributed by atoms with Crippen LogP contribution in [0, 0.1) is 0 Å². The van der Waals surface area contributed by atoms with E-state index in [-0.39, 0.29) is 0 Å². The molecule has 0 saturated heterocycles. The van der Waals surface area contributed by atoms with E-state index in [1.807, 2.05) is 36.4 Å². The van der Waals surface area contributed by atoms with Crippen molar-refractivity contribution in [2.24, 2.45) is 0 Å². The van der Waals surface area contributed by atoms with Crippen LogP contribution in [0.1, 0.15) is 0 Å². The van der Waals surface area contributed by atoms with Crippen molar-refractivity contribution in [3.63, 3.8) is 0 Å². The molecule has 0 aliphatic carbocycles. The van der Waals surface area contributed by atoms with E-state index in [2.05, 4.69) is 180 Å². The highest BCUT2D eigenvalue weighted by molar-refractivity contribution is 6.23. The van der Waals surface area contributed by atoms with E-state index in [0.717, 1.165) is 111 Å². The van der Waals surface area contributed by atoms with E-state index >= 15 is 0 Å². The number of ether oxygens (including phenoxy) is 2. The van der Waals surface area contributed by atoms with E-state index in [0.29, 0.717) is 0 Å². The predicted molar refractivity (Wildman–Crippen MR) is 264 cm³/mol. The maximum atomic E-state index is 6.74. The van der Waals surface area contributed by atoms with Gasteiger partial charge in [-0.1, -0.05) is 103 Å². The van der Waals surface area contributed by atoms with Gasteiger partial charge in [0.1, 0.15) is 33.8 Å². The number of fused-ring (bicyclic) bond motifs is 10. The lowest BCUT2D eigenvalue weighted by molar-refractivity contribution is 0.414. The van der Waals surface area contributed by atoms with Crippen molar-refractivity contribution in [1.29, 1.82) is 0 Å². The number of methoxy groups -OCH3 is 2. The van der Waals surface area contributed by atoms with E-state index in [4.69, 9.17) is 18.3 Å². The van der Waals surface area contributed by atoms with Crippen LogP contribution in [0.4, 0.5) is 34.1 Å². The molecule has 306 valence electrons. The van der Waals surface area contributed by atoms with E-state index in [9.17, 15) is 0 Å². The van der Waals surface area contributed by atoms with Crippen LogP contribution >= 0.6 is 0 Å². The Kier molecular flexibility index (Phi) is 8.83. The van der Waals surface area contributed by atoms with Crippen LogP contribution in [-0.2, 0) is 0 Å². The van der Waals surface area contributed by atoms with Gasteiger partial charge >= 0.3 is 0 Å². The third-order valence-corrected chi connectivity index (χ3v) is 12.4. The van der Waals surface area contributed by atoms with Gasteiger partial charge in [-0.15, -0.1) is 0 Å². The topological polar surface area (TPSA) is 51.2 Å². The second-order valence-corrected chi connectivity index (χ2v) is 16.0. The second-order valence-electron chi connectivity index (χ2n) is 16.0. The molecule has 2 aromatic heterocycles. The molecule has 0 spiro atoms. The molecular formula is C58H40N2O4. The van der Waals surface area contributed by atoms with Crippen LogP contribution in [0.2, 0.25) is 0 Å². The van der Waals surface area contributed by atoms with Gasteiger partial charge in [0, 0.05) is 61.8 Å². The molecule has 0 saturated carbocycles. The molecule has 64 heavy (non-hydrogen) atoms. The molecule has 12 aromatic rings. The number of rotatable bonds is 9. The van der Waals surface area contributed by atoms with Crippen LogP contribution in [0.3, 0.4) is 0 Å². The summed E-state index contributed by atoms with van der Waals surface area (Å²) in [5.74, 6) is 1.50. The number of anilines is 6. The monoisotopic (exact) mass is 828 g/mol. The van der Waals surface area contributed by atoms with Crippen molar-refractivity contribution >= 4 is 99.5 Å². The van der Waals surface area contributed by atoms with Gasteiger partial charge < -0.3 is 28.1 Å². The SMILES string of the molecule is COc1cccc(N(c2cccc(OC)c2)c2cc(-c3ccc4oc5c(ccc6ccc7ccccc7c65)c4c3)ccc2N(c2ccccc2)c2ccc3oc4ccccc4c3c2)c1. The Hall–Kier alpha value is -8.48. The summed E-state index contributed by atoms with van der Waals surface area (Å²) in [5.41, 5.74) is 11.3. The molecular weight excluding hydrogens is 789 g/mol. The lowest BCUT2D eigenvalue weighted by Gasteiger charge is -2.34. The highest BCUT2D eigenvalue weighted by Gasteiger charge is 2.25. The third kappa shape index (κ3) is 6.18. The zero-order chi connectivity index (χ0) is 42.7. The average Bonchev–Trinajstić information content (AvgIpc) is 3.93.